The highest BCUT2D eigenvalue weighted by Crippen LogP contribution is 2.55. The third-order valence-corrected chi connectivity index (χ3v) is 6.11. The van der Waals surface area contributed by atoms with Crippen LogP contribution in [0.4, 0.5) is 5.69 Å². The van der Waals surface area contributed by atoms with Gasteiger partial charge in [0, 0.05) is 23.6 Å². The molecule has 8 nitrogen and oxygen atoms in total. The first-order valence-corrected chi connectivity index (χ1v) is 9.42. The van der Waals surface area contributed by atoms with Gasteiger partial charge in [0.25, 0.3) is 0 Å². The van der Waals surface area contributed by atoms with Gasteiger partial charge in [-0.15, -0.1) is 0 Å². The number of hydrogen-bond acceptors (Lipinski definition) is 5. The molecule has 4 rings (SSSR count). The minimum atomic E-state index is -1.47. The Morgan fingerprint density at radius 2 is 1.93 bits per heavy atom. The Labute approximate surface area is 166 Å². The zero-order valence-electron chi connectivity index (χ0n) is 15.7. The number of para-hydroxylation sites is 1. The average Bonchev–Trinajstić information content (AvgIpc) is 3.13. The molecule has 0 aromatic heterocycles. The number of nitrogens with one attached hydrogen (secondary N) is 2. The van der Waals surface area contributed by atoms with Crippen molar-refractivity contribution >= 4 is 40.9 Å². The van der Waals surface area contributed by atoms with E-state index >= 15 is 0 Å². The van der Waals surface area contributed by atoms with Gasteiger partial charge in [0.15, 0.2) is 0 Å². The second kappa shape index (κ2) is 5.78. The Morgan fingerprint density at radius 1 is 1.25 bits per heavy atom. The van der Waals surface area contributed by atoms with Crippen molar-refractivity contribution in [1.82, 2.24) is 10.2 Å². The first-order chi connectivity index (χ1) is 13.0. The second-order valence-electron chi connectivity index (χ2n) is 8.53. The number of rotatable bonds is 2. The van der Waals surface area contributed by atoms with E-state index in [0.29, 0.717) is 16.3 Å². The molecule has 4 amide bonds. The SMILES string of the molecule is CC(C)(C)N1C(=O)[C@H]2[C@@H](C1=O)[C@]1(N[C@@H]2CC(N)=O)C(=O)Nc2c(Cl)cccc21. The van der Waals surface area contributed by atoms with Gasteiger partial charge in [0.1, 0.15) is 5.54 Å². The molecule has 4 atom stereocenters. The lowest BCUT2D eigenvalue weighted by Crippen LogP contribution is -2.56. The number of hydrogen-bond donors (Lipinski definition) is 3. The van der Waals surface area contributed by atoms with Crippen molar-refractivity contribution in [2.45, 2.75) is 44.3 Å². The predicted octanol–water partition coefficient (Wildman–Crippen LogP) is 0.734. The normalized spacial score (nSPS) is 31.4. The zero-order valence-corrected chi connectivity index (χ0v) is 16.5. The molecule has 0 unspecified atom stereocenters. The molecule has 0 aliphatic carbocycles. The molecule has 1 aromatic carbocycles. The van der Waals surface area contributed by atoms with E-state index in [4.69, 9.17) is 17.3 Å². The summed E-state index contributed by atoms with van der Waals surface area (Å²) in [6, 6.07) is 4.29. The fourth-order valence-corrected chi connectivity index (χ4v) is 5.07. The molecule has 3 aliphatic rings. The van der Waals surface area contributed by atoms with Crippen LogP contribution in [0.25, 0.3) is 0 Å². The van der Waals surface area contributed by atoms with Crippen LogP contribution in [-0.2, 0) is 24.7 Å². The van der Waals surface area contributed by atoms with E-state index in [2.05, 4.69) is 10.6 Å². The number of likely N-dealkylation sites (tertiary alicyclic amines) is 1. The lowest BCUT2D eigenvalue weighted by atomic mass is 9.76. The Balaban J connectivity index is 1.93. The summed E-state index contributed by atoms with van der Waals surface area (Å²) in [6.07, 6.45) is -0.164. The summed E-state index contributed by atoms with van der Waals surface area (Å²) >= 11 is 6.25. The minimum absolute atomic E-state index is 0.164. The van der Waals surface area contributed by atoms with Crippen molar-refractivity contribution in [2.75, 3.05) is 5.32 Å². The molecule has 2 saturated heterocycles. The van der Waals surface area contributed by atoms with Crippen LogP contribution in [0.1, 0.15) is 32.8 Å². The number of primary amides is 1. The number of carbonyl (C=O) groups excluding carboxylic acids is 4. The van der Waals surface area contributed by atoms with E-state index in [1.807, 2.05) is 0 Å². The largest absolute Gasteiger partial charge is 0.370 e. The van der Waals surface area contributed by atoms with Crippen LogP contribution in [0.3, 0.4) is 0 Å². The summed E-state index contributed by atoms with van der Waals surface area (Å²) in [4.78, 5) is 52.6. The molecule has 0 radical (unpaired) electrons. The molecule has 9 heteroatoms. The van der Waals surface area contributed by atoms with E-state index in [-0.39, 0.29) is 6.42 Å². The zero-order chi connectivity index (χ0) is 20.6. The van der Waals surface area contributed by atoms with Crippen LogP contribution in [0.15, 0.2) is 18.2 Å². The highest BCUT2D eigenvalue weighted by molar-refractivity contribution is 6.35. The summed E-state index contributed by atoms with van der Waals surface area (Å²) in [7, 11) is 0. The van der Waals surface area contributed by atoms with Gasteiger partial charge in [-0.25, -0.2) is 0 Å². The van der Waals surface area contributed by atoms with Crippen LogP contribution in [0.2, 0.25) is 5.02 Å². The smallest absolute Gasteiger partial charge is 0.250 e. The second-order valence-corrected chi connectivity index (χ2v) is 8.94. The van der Waals surface area contributed by atoms with Crippen LogP contribution in [0.5, 0.6) is 0 Å². The number of anilines is 1. The Hall–Kier alpha value is -2.45. The van der Waals surface area contributed by atoms with Gasteiger partial charge in [-0.2, -0.15) is 0 Å². The van der Waals surface area contributed by atoms with Crippen LogP contribution >= 0.6 is 11.6 Å². The maximum atomic E-state index is 13.4. The first kappa shape index (κ1) is 18.9. The highest BCUT2D eigenvalue weighted by Gasteiger charge is 2.71. The average molecular weight is 405 g/mol. The number of halogens is 1. The van der Waals surface area contributed by atoms with Gasteiger partial charge in [0.05, 0.1) is 22.5 Å². The minimum Gasteiger partial charge on any atom is -0.370 e. The standard InChI is InChI=1S/C19H21ClN4O4/c1-18(2,3)24-15(26)12-10(7-11(21)25)23-19(13(12)16(24)27)8-5-4-6-9(20)14(8)22-17(19)28/h4-6,10,12-13,23H,7H2,1-3H3,(H2,21,25)(H,22,28)/t10-,12-,13+,19+/m1/s1. The predicted molar refractivity (Wildman–Crippen MR) is 101 cm³/mol. The van der Waals surface area contributed by atoms with Crippen molar-refractivity contribution in [3.05, 3.63) is 28.8 Å². The number of nitrogens with zero attached hydrogens (tertiary/aromatic N) is 1. The lowest BCUT2D eigenvalue weighted by molar-refractivity contribution is -0.147. The monoisotopic (exact) mass is 404 g/mol. The third-order valence-electron chi connectivity index (χ3n) is 5.79. The topological polar surface area (TPSA) is 122 Å². The number of imide groups is 1. The van der Waals surface area contributed by atoms with Gasteiger partial charge in [0.2, 0.25) is 23.6 Å². The maximum absolute atomic E-state index is 13.4. The van der Waals surface area contributed by atoms with Crippen molar-refractivity contribution < 1.29 is 19.2 Å². The molecule has 28 heavy (non-hydrogen) atoms. The molecule has 1 aromatic rings. The van der Waals surface area contributed by atoms with Crippen molar-refractivity contribution in [1.29, 1.82) is 0 Å². The van der Waals surface area contributed by atoms with Crippen LogP contribution in [-0.4, -0.2) is 40.1 Å². The molecular formula is C19H21ClN4O4. The van der Waals surface area contributed by atoms with E-state index < -0.39 is 52.6 Å². The molecule has 0 bridgehead atoms. The molecule has 0 saturated carbocycles. The summed E-state index contributed by atoms with van der Waals surface area (Å²) in [5, 5.41) is 6.21. The summed E-state index contributed by atoms with van der Waals surface area (Å²) in [5.41, 5.74) is 4.07. The Morgan fingerprint density at radius 3 is 2.54 bits per heavy atom. The van der Waals surface area contributed by atoms with E-state index in [1.165, 1.54) is 4.90 Å². The van der Waals surface area contributed by atoms with Gasteiger partial charge in [-0.05, 0) is 26.8 Å². The maximum Gasteiger partial charge on any atom is 0.250 e. The summed E-state index contributed by atoms with van der Waals surface area (Å²) in [5.74, 6) is -3.77. The van der Waals surface area contributed by atoms with E-state index in [9.17, 15) is 19.2 Å². The third kappa shape index (κ3) is 2.28. The molecule has 4 N–H and O–H groups in total. The number of benzene rings is 1. The summed E-state index contributed by atoms with van der Waals surface area (Å²) < 4.78 is 0. The molecule has 3 aliphatic heterocycles. The van der Waals surface area contributed by atoms with Crippen LogP contribution in [0, 0.1) is 11.8 Å². The molecular weight excluding hydrogens is 384 g/mol. The summed E-state index contributed by atoms with van der Waals surface area (Å²) in [6.45, 7) is 5.27. The van der Waals surface area contributed by atoms with Gasteiger partial charge in [-0.1, -0.05) is 23.7 Å². The fourth-order valence-electron chi connectivity index (χ4n) is 4.85. The number of amides is 4. The fraction of sp³-hybridized carbons (Fsp3) is 0.474. The van der Waals surface area contributed by atoms with Crippen molar-refractivity contribution in [3.8, 4) is 0 Å². The number of fused-ring (bicyclic) bond motifs is 4. The quantitative estimate of drug-likeness (QED) is 0.627. The van der Waals surface area contributed by atoms with E-state index in [1.54, 1.807) is 39.0 Å². The number of nitrogens with two attached hydrogens (primary N) is 1. The molecule has 3 heterocycles. The van der Waals surface area contributed by atoms with Gasteiger partial charge < -0.3 is 11.1 Å². The van der Waals surface area contributed by atoms with Crippen molar-refractivity contribution in [2.24, 2.45) is 17.6 Å². The highest BCUT2D eigenvalue weighted by atomic mass is 35.5. The molecule has 148 valence electrons. The van der Waals surface area contributed by atoms with Gasteiger partial charge >= 0.3 is 0 Å². The van der Waals surface area contributed by atoms with Crippen LogP contribution < -0.4 is 16.4 Å². The Kier molecular flexibility index (Phi) is 3.90. The van der Waals surface area contributed by atoms with E-state index in [0.717, 1.165) is 0 Å². The first-order valence-electron chi connectivity index (χ1n) is 9.04. The lowest BCUT2D eigenvalue weighted by Gasteiger charge is -2.34. The Bertz CT molecular complexity index is 940. The van der Waals surface area contributed by atoms with Crippen molar-refractivity contribution in [3.63, 3.8) is 0 Å². The molecule has 2 fully saturated rings. The van der Waals surface area contributed by atoms with Gasteiger partial charge in [-0.3, -0.25) is 29.4 Å². The number of carbonyl (C=O) groups is 4. The molecule has 1 spiro atoms.